The van der Waals surface area contributed by atoms with Crippen LogP contribution in [0.25, 0.3) is 0 Å². The Hall–Kier alpha value is -1.99. The quantitative estimate of drug-likeness (QED) is 0.604. The molecule has 1 aromatic carbocycles. The number of aliphatic imine (C=N–C) groups is 1. The molecule has 0 saturated carbocycles. The lowest BCUT2D eigenvalue weighted by Crippen LogP contribution is -2.50. The predicted octanol–water partition coefficient (Wildman–Crippen LogP) is 2.42. The van der Waals surface area contributed by atoms with Gasteiger partial charge < -0.3 is 25.0 Å². The van der Waals surface area contributed by atoms with Crippen molar-refractivity contribution in [3.8, 4) is 0 Å². The highest BCUT2D eigenvalue weighted by molar-refractivity contribution is 6.30. The van der Waals surface area contributed by atoms with Gasteiger partial charge in [0.15, 0.2) is 5.96 Å². The summed E-state index contributed by atoms with van der Waals surface area (Å²) in [4.78, 5) is 17.5. The lowest BCUT2D eigenvalue weighted by Gasteiger charge is -2.32. The number of hydrogen-bond donors (Lipinski definition) is 2. The van der Waals surface area contributed by atoms with E-state index in [1.165, 1.54) is 7.11 Å². The van der Waals surface area contributed by atoms with Gasteiger partial charge in [-0.15, -0.1) is 0 Å². The highest BCUT2D eigenvalue weighted by Crippen LogP contribution is 2.19. The molecule has 8 heteroatoms. The molecule has 1 unspecified atom stereocenters. The van der Waals surface area contributed by atoms with Crippen LogP contribution in [0.15, 0.2) is 29.3 Å². The van der Waals surface area contributed by atoms with E-state index in [4.69, 9.17) is 21.1 Å². The average molecular weight is 383 g/mol. The maximum absolute atomic E-state index is 11.5. The summed E-state index contributed by atoms with van der Waals surface area (Å²) in [6, 6.07) is 7.89. The van der Waals surface area contributed by atoms with E-state index >= 15 is 0 Å². The van der Waals surface area contributed by atoms with Gasteiger partial charge in [0.05, 0.1) is 13.2 Å². The van der Waals surface area contributed by atoms with Crippen LogP contribution in [0.2, 0.25) is 5.02 Å². The molecule has 1 amide bonds. The summed E-state index contributed by atoms with van der Waals surface area (Å²) < 4.78 is 10.3. The fraction of sp³-hybridized carbons (Fsp3) is 0.556. The van der Waals surface area contributed by atoms with Crippen LogP contribution in [0.4, 0.5) is 4.79 Å². The first-order valence-corrected chi connectivity index (χ1v) is 9.03. The molecule has 0 radical (unpaired) electrons. The minimum absolute atomic E-state index is 0.131. The molecule has 0 spiro atoms. The number of hydrogen-bond acceptors (Lipinski definition) is 4. The molecule has 1 aliphatic rings. The van der Waals surface area contributed by atoms with E-state index in [9.17, 15) is 4.79 Å². The van der Waals surface area contributed by atoms with Gasteiger partial charge in [-0.05, 0) is 30.5 Å². The van der Waals surface area contributed by atoms with Gasteiger partial charge in [-0.1, -0.05) is 23.7 Å². The molecule has 2 rings (SSSR count). The topological polar surface area (TPSA) is 75.2 Å². The average Bonchev–Trinajstić information content (AvgIpc) is 2.67. The Kier molecular flexibility index (Phi) is 8.00. The summed E-state index contributed by atoms with van der Waals surface area (Å²) in [5, 5.41) is 7.38. The third-order valence-electron chi connectivity index (χ3n) is 4.45. The molecular formula is C18H27ClN4O3. The fourth-order valence-corrected chi connectivity index (χ4v) is 3.16. The molecule has 144 valence electrons. The zero-order valence-electron chi connectivity index (χ0n) is 15.5. The molecule has 0 aliphatic carbocycles. The van der Waals surface area contributed by atoms with E-state index in [-0.39, 0.29) is 18.2 Å². The highest BCUT2D eigenvalue weighted by atomic mass is 35.5. The Morgan fingerprint density at radius 1 is 1.38 bits per heavy atom. The number of likely N-dealkylation sites (tertiary alicyclic amines) is 1. The highest BCUT2D eigenvalue weighted by Gasteiger charge is 2.23. The summed E-state index contributed by atoms with van der Waals surface area (Å²) in [5.41, 5.74) is 1.01. The number of nitrogens with one attached hydrogen (secondary N) is 2. The van der Waals surface area contributed by atoms with Gasteiger partial charge in [0.1, 0.15) is 0 Å². The standard InChI is InChI=1S/C18H27ClN4O3/c1-20-17(22-15-7-9-23(10-8-15)18(24)26-3)21-12-16(25-2)13-5-4-6-14(19)11-13/h4-6,11,15-16H,7-10,12H2,1-3H3,(H2,20,21,22). The second-order valence-electron chi connectivity index (χ2n) is 6.11. The Morgan fingerprint density at radius 3 is 2.69 bits per heavy atom. The third-order valence-corrected chi connectivity index (χ3v) is 4.69. The van der Waals surface area contributed by atoms with Gasteiger partial charge in [0.25, 0.3) is 0 Å². The molecule has 1 heterocycles. The number of carbonyl (C=O) groups excluding carboxylic acids is 1. The lowest BCUT2D eigenvalue weighted by molar-refractivity contribution is 0.105. The van der Waals surface area contributed by atoms with E-state index in [0.29, 0.717) is 30.6 Å². The Balaban J connectivity index is 1.83. The first kappa shape index (κ1) is 20.3. The minimum Gasteiger partial charge on any atom is -0.453 e. The van der Waals surface area contributed by atoms with Gasteiger partial charge in [-0.3, -0.25) is 4.99 Å². The van der Waals surface area contributed by atoms with Crippen molar-refractivity contribution < 1.29 is 14.3 Å². The first-order valence-electron chi connectivity index (χ1n) is 8.65. The van der Waals surface area contributed by atoms with Crippen LogP contribution in [0.3, 0.4) is 0 Å². The number of piperidine rings is 1. The van der Waals surface area contributed by atoms with Crippen LogP contribution in [-0.2, 0) is 9.47 Å². The van der Waals surface area contributed by atoms with Crippen molar-refractivity contribution in [1.29, 1.82) is 0 Å². The summed E-state index contributed by atoms with van der Waals surface area (Å²) in [5.74, 6) is 0.714. The molecule has 0 aromatic heterocycles. The number of guanidine groups is 1. The number of nitrogens with zero attached hydrogens (tertiary/aromatic N) is 2. The molecule has 7 nitrogen and oxygen atoms in total. The minimum atomic E-state index is -0.268. The van der Waals surface area contributed by atoms with E-state index in [0.717, 1.165) is 18.4 Å². The van der Waals surface area contributed by atoms with Gasteiger partial charge >= 0.3 is 6.09 Å². The van der Waals surface area contributed by atoms with Gasteiger partial charge in [-0.2, -0.15) is 0 Å². The zero-order chi connectivity index (χ0) is 18.9. The predicted molar refractivity (Wildman–Crippen MR) is 103 cm³/mol. The van der Waals surface area contributed by atoms with Crippen LogP contribution < -0.4 is 10.6 Å². The van der Waals surface area contributed by atoms with E-state index in [1.54, 1.807) is 19.1 Å². The number of carbonyl (C=O) groups is 1. The zero-order valence-corrected chi connectivity index (χ0v) is 16.3. The summed E-state index contributed by atoms with van der Waals surface area (Å²) >= 11 is 6.06. The maximum Gasteiger partial charge on any atom is 0.409 e. The maximum atomic E-state index is 11.5. The van der Waals surface area contributed by atoms with Crippen LogP contribution in [0.5, 0.6) is 0 Å². The second-order valence-corrected chi connectivity index (χ2v) is 6.54. The van der Waals surface area contributed by atoms with Crippen molar-refractivity contribution in [2.75, 3.05) is 40.9 Å². The van der Waals surface area contributed by atoms with Crippen LogP contribution in [-0.4, -0.2) is 63.9 Å². The van der Waals surface area contributed by atoms with E-state index < -0.39 is 0 Å². The van der Waals surface area contributed by atoms with Crippen molar-refractivity contribution in [1.82, 2.24) is 15.5 Å². The number of benzene rings is 1. The Morgan fingerprint density at radius 2 is 2.12 bits per heavy atom. The summed E-state index contributed by atoms with van der Waals surface area (Å²) in [6.07, 6.45) is 1.29. The van der Waals surface area contributed by atoms with Crippen LogP contribution in [0, 0.1) is 0 Å². The number of amides is 1. The van der Waals surface area contributed by atoms with Crippen molar-refractivity contribution >= 4 is 23.7 Å². The molecule has 1 saturated heterocycles. The molecule has 26 heavy (non-hydrogen) atoms. The lowest BCUT2D eigenvalue weighted by atomic mass is 10.1. The van der Waals surface area contributed by atoms with Crippen molar-refractivity contribution in [3.63, 3.8) is 0 Å². The summed E-state index contributed by atoms with van der Waals surface area (Å²) in [7, 11) is 4.82. The monoisotopic (exact) mass is 382 g/mol. The molecule has 2 N–H and O–H groups in total. The molecule has 0 bridgehead atoms. The Bertz CT molecular complexity index is 618. The van der Waals surface area contributed by atoms with E-state index in [2.05, 4.69) is 15.6 Å². The Labute approximate surface area is 159 Å². The number of methoxy groups -OCH3 is 2. The second kappa shape index (κ2) is 10.2. The van der Waals surface area contributed by atoms with Crippen LogP contribution in [0.1, 0.15) is 24.5 Å². The normalized spacial score (nSPS) is 16.9. The largest absolute Gasteiger partial charge is 0.453 e. The molecule has 1 aliphatic heterocycles. The van der Waals surface area contributed by atoms with Gasteiger partial charge in [0.2, 0.25) is 0 Å². The summed E-state index contributed by atoms with van der Waals surface area (Å²) in [6.45, 7) is 1.91. The van der Waals surface area contributed by atoms with Crippen molar-refractivity contribution in [2.24, 2.45) is 4.99 Å². The third kappa shape index (κ3) is 5.78. The van der Waals surface area contributed by atoms with Crippen molar-refractivity contribution in [3.05, 3.63) is 34.9 Å². The van der Waals surface area contributed by atoms with E-state index in [1.807, 2.05) is 24.3 Å². The number of rotatable bonds is 5. The van der Waals surface area contributed by atoms with Gasteiger partial charge in [0, 0.05) is 44.9 Å². The fourth-order valence-electron chi connectivity index (χ4n) is 2.96. The molecule has 1 atom stereocenters. The molecule has 1 aromatic rings. The first-order chi connectivity index (χ1) is 12.6. The number of ether oxygens (including phenoxy) is 2. The smallest absolute Gasteiger partial charge is 0.409 e. The molecular weight excluding hydrogens is 356 g/mol. The number of halogens is 1. The SMILES string of the molecule is CN=C(NCC(OC)c1cccc(Cl)c1)NC1CCN(C(=O)OC)CC1. The van der Waals surface area contributed by atoms with Gasteiger partial charge in [-0.25, -0.2) is 4.79 Å². The van der Waals surface area contributed by atoms with Crippen LogP contribution >= 0.6 is 11.6 Å². The molecule has 1 fully saturated rings. The van der Waals surface area contributed by atoms with Crippen molar-refractivity contribution in [2.45, 2.75) is 25.0 Å².